The Morgan fingerprint density at radius 2 is 2.22 bits per heavy atom. The molecule has 1 unspecified atom stereocenters. The van der Waals surface area contributed by atoms with Crippen LogP contribution in [-0.4, -0.2) is 44.6 Å². The van der Waals surface area contributed by atoms with Crippen molar-refractivity contribution in [3.8, 4) is 0 Å². The summed E-state index contributed by atoms with van der Waals surface area (Å²) in [5, 5.41) is 12.1. The first-order chi connectivity index (χ1) is 8.60. The molecule has 0 aliphatic rings. The van der Waals surface area contributed by atoms with Gasteiger partial charge in [-0.05, 0) is 12.1 Å². The maximum atomic E-state index is 11.1. The number of aromatic carboxylic acids is 1. The maximum absolute atomic E-state index is 11.1. The van der Waals surface area contributed by atoms with E-state index in [1.807, 2.05) is 0 Å². The second kappa shape index (κ2) is 6.83. The van der Waals surface area contributed by atoms with Crippen molar-refractivity contribution in [2.45, 2.75) is 6.10 Å². The Labute approximate surface area is 106 Å². The third-order valence-electron chi connectivity index (χ3n) is 2.52. The number of rotatable bonds is 7. The molecule has 1 aromatic rings. The number of carboxylic acid groups (broad SMARTS) is 1. The number of benzene rings is 1. The summed E-state index contributed by atoms with van der Waals surface area (Å²) in [6, 6.07) is 4.75. The number of anilines is 2. The van der Waals surface area contributed by atoms with Crippen LogP contribution in [0.15, 0.2) is 18.2 Å². The summed E-state index contributed by atoms with van der Waals surface area (Å²) in [5.41, 5.74) is 6.70. The molecule has 0 saturated carbocycles. The van der Waals surface area contributed by atoms with E-state index in [-0.39, 0.29) is 11.7 Å². The van der Waals surface area contributed by atoms with Gasteiger partial charge in [-0.15, -0.1) is 0 Å². The van der Waals surface area contributed by atoms with Crippen molar-refractivity contribution in [2.75, 3.05) is 38.4 Å². The number of nitrogens with one attached hydrogen (secondary N) is 1. The lowest BCUT2D eigenvalue weighted by molar-refractivity contribution is 0.0365. The SMILES string of the molecule is COCC(CNc1c(N)cccc1C(=O)O)OC. The van der Waals surface area contributed by atoms with Gasteiger partial charge in [-0.3, -0.25) is 0 Å². The van der Waals surface area contributed by atoms with Crippen molar-refractivity contribution in [3.05, 3.63) is 23.8 Å². The summed E-state index contributed by atoms with van der Waals surface area (Å²) in [5.74, 6) is -1.02. The molecule has 18 heavy (non-hydrogen) atoms. The van der Waals surface area contributed by atoms with Crippen LogP contribution in [0.2, 0.25) is 0 Å². The fraction of sp³-hybridized carbons (Fsp3) is 0.417. The van der Waals surface area contributed by atoms with Gasteiger partial charge in [-0.25, -0.2) is 4.79 Å². The van der Waals surface area contributed by atoms with Gasteiger partial charge in [0.05, 0.1) is 29.6 Å². The first-order valence-electron chi connectivity index (χ1n) is 5.47. The largest absolute Gasteiger partial charge is 0.478 e. The Bertz CT molecular complexity index is 409. The van der Waals surface area contributed by atoms with Gasteiger partial charge in [0.2, 0.25) is 0 Å². The molecule has 1 aromatic carbocycles. The molecule has 1 rings (SSSR count). The molecule has 100 valence electrons. The monoisotopic (exact) mass is 254 g/mol. The van der Waals surface area contributed by atoms with Crippen LogP contribution in [0.4, 0.5) is 11.4 Å². The van der Waals surface area contributed by atoms with E-state index in [2.05, 4.69) is 5.32 Å². The summed E-state index contributed by atoms with van der Waals surface area (Å²) in [4.78, 5) is 11.1. The lowest BCUT2D eigenvalue weighted by Crippen LogP contribution is -2.27. The molecular formula is C12H18N2O4. The molecule has 0 aliphatic carbocycles. The van der Waals surface area contributed by atoms with Gasteiger partial charge in [-0.1, -0.05) is 6.07 Å². The van der Waals surface area contributed by atoms with E-state index >= 15 is 0 Å². The van der Waals surface area contributed by atoms with Gasteiger partial charge < -0.3 is 25.6 Å². The number of carbonyl (C=O) groups is 1. The highest BCUT2D eigenvalue weighted by atomic mass is 16.5. The minimum absolute atomic E-state index is 0.141. The zero-order valence-electron chi connectivity index (χ0n) is 10.5. The first kappa shape index (κ1) is 14.3. The van der Waals surface area contributed by atoms with Crippen molar-refractivity contribution < 1.29 is 19.4 Å². The fourth-order valence-corrected chi connectivity index (χ4v) is 1.56. The summed E-state index contributed by atoms with van der Waals surface area (Å²) in [6.45, 7) is 0.831. The molecule has 0 amide bonds. The van der Waals surface area contributed by atoms with E-state index in [0.717, 1.165) is 0 Å². The molecule has 1 atom stereocenters. The summed E-state index contributed by atoms with van der Waals surface area (Å²) in [6.07, 6.45) is -0.170. The van der Waals surface area contributed by atoms with Crippen LogP contribution in [0.1, 0.15) is 10.4 Å². The van der Waals surface area contributed by atoms with Gasteiger partial charge in [0.25, 0.3) is 0 Å². The standard InChI is InChI=1S/C12H18N2O4/c1-17-7-8(18-2)6-14-11-9(12(15)16)4-3-5-10(11)13/h3-5,8,14H,6-7,13H2,1-2H3,(H,15,16). The molecule has 0 fully saturated rings. The molecule has 0 spiro atoms. The Hall–Kier alpha value is -1.79. The zero-order valence-corrected chi connectivity index (χ0v) is 10.5. The molecular weight excluding hydrogens is 236 g/mol. The van der Waals surface area contributed by atoms with Gasteiger partial charge >= 0.3 is 5.97 Å². The number of hydrogen-bond acceptors (Lipinski definition) is 5. The third kappa shape index (κ3) is 3.61. The van der Waals surface area contributed by atoms with Crippen molar-refractivity contribution in [1.29, 1.82) is 0 Å². The van der Waals surface area contributed by atoms with E-state index in [0.29, 0.717) is 24.5 Å². The number of methoxy groups -OCH3 is 2. The zero-order chi connectivity index (χ0) is 13.5. The lowest BCUT2D eigenvalue weighted by atomic mass is 10.1. The van der Waals surface area contributed by atoms with Crippen LogP contribution >= 0.6 is 0 Å². The highest BCUT2D eigenvalue weighted by Gasteiger charge is 2.14. The average molecular weight is 254 g/mol. The van der Waals surface area contributed by atoms with Crippen molar-refractivity contribution in [3.63, 3.8) is 0 Å². The van der Waals surface area contributed by atoms with Crippen LogP contribution in [0.25, 0.3) is 0 Å². The number of para-hydroxylation sites is 1. The van der Waals surface area contributed by atoms with E-state index in [4.69, 9.17) is 20.3 Å². The number of nitrogen functional groups attached to an aromatic ring is 1. The Balaban J connectivity index is 2.80. The molecule has 0 heterocycles. The molecule has 6 nitrogen and oxygen atoms in total. The third-order valence-corrected chi connectivity index (χ3v) is 2.52. The van der Waals surface area contributed by atoms with E-state index in [1.54, 1.807) is 26.4 Å². The second-order valence-electron chi connectivity index (χ2n) is 3.77. The smallest absolute Gasteiger partial charge is 0.337 e. The number of ether oxygens (including phenoxy) is 2. The summed E-state index contributed by atoms with van der Waals surface area (Å²) >= 11 is 0. The Morgan fingerprint density at radius 1 is 1.50 bits per heavy atom. The lowest BCUT2D eigenvalue weighted by Gasteiger charge is -2.18. The van der Waals surface area contributed by atoms with Crippen LogP contribution in [-0.2, 0) is 9.47 Å². The molecule has 0 aromatic heterocycles. The highest BCUT2D eigenvalue weighted by Crippen LogP contribution is 2.23. The van der Waals surface area contributed by atoms with Crippen LogP contribution < -0.4 is 11.1 Å². The quantitative estimate of drug-likeness (QED) is 0.629. The highest BCUT2D eigenvalue weighted by molar-refractivity contribution is 5.97. The number of nitrogens with two attached hydrogens (primary N) is 1. The van der Waals surface area contributed by atoms with Crippen molar-refractivity contribution in [2.24, 2.45) is 0 Å². The minimum atomic E-state index is -1.02. The fourth-order valence-electron chi connectivity index (χ4n) is 1.56. The molecule has 0 aliphatic heterocycles. The second-order valence-corrected chi connectivity index (χ2v) is 3.77. The van der Waals surface area contributed by atoms with Gasteiger partial charge in [0.1, 0.15) is 0 Å². The predicted molar refractivity (Wildman–Crippen MR) is 69.0 cm³/mol. The topological polar surface area (TPSA) is 93.8 Å². The molecule has 0 bridgehead atoms. The normalized spacial score (nSPS) is 12.1. The van der Waals surface area contributed by atoms with Crippen LogP contribution in [0, 0.1) is 0 Å². The Kier molecular flexibility index (Phi) is 5.41. The van der Waals surface area contributed by atoms with E-state index in [1.165, 1.54) is 6.07 Å². The maximum Gasteiger partial charge on any atom is 0.337 e. The molecule has 6 heteroatoms. The van der Waals surface area contributed by atoms with Crippen molar-refractivity contribution in [1.82, 2.24) is 0 Å². The van der Waals surface area contributed by atoms with Gasteiger partial charge in [0, 0.05) is 20.8 Å². The van der Waals surface area contributed by atoms with Crippen LogP contribution in [0.5, 0.6) is 0 Å². The van der Waals surface area contributed by atoms with Crippen molar-refractivity contribution >= 4 is 17.3 Å². The van der Waals surface area contributed by atoms with Crippen LogP contribution in [0.3, 0.4) is 0 Å². The van der Waals surface area contributed by atoms with E-state index < -0.39 is 5.97 Å². The summed E-state index contributed by atoms with van der Waals surface area (Å²) < 4.78 is 10.2. The molecule has 4 N–H and O–H groups in total. The predicted octanol–water partition coefficient (Wildman–Crippen LogP) is 1.04. The Morgan fingerprint density at radius 3 is 2.78 bits per heavy atom. The van der Waals surface area contributed by atoms with Gasteiger partial charge in [0.15, 0.2) is 0 Å². The number of hydrogen-bond donors (Lipinski definition) is 3. The average Bonchev–Trinajstić information content (AvgIpc) is 2.35. The van der Waals surface area contributed by atoms with Gasteiger partial charge in [-0.2, -0.15) is 0 Å². The molecule has 0 saturated heterocycles. The summed E-state index contributed by atoms with van der Waals surface area (Å²) in [7, 11) is 3.14. The molecule has 0 radical (unpaired) electrons. The first-order valence-corrected chi connectivity index (χ1v) is 5.47. The van der Waals surface area contributed by atoms with E-state index in [9.17, 15) is 4.79 Å². The number of carboxylic acids is 1. The minimum Gasteiger partial charge on any atom is -0.478 e.